The molecular formula is C21H25NO3S. The SMILES string of the molecule is COc1ccc2c(c1)OC(C)(C)C[C@H]2NC(=O)CCSc1ccccc1. The Kier molecular flexibility index (Phi) is 5.77. The van der Waals surface area contributed by atoms with Crippen LogP contribution in [0.4, 0.5) is 0 Å². The average molecular weight is 372 g/mol. The number of thioether (sulfide) groups is 1. The van der Waals surface area contributed by atoms with Crippen LogP contribution in [-0.4, -0.2) is 24.4 Å². The second-order valence-electron chi connectivity index (χ2n) is 7.00. The van der Waals surface area contributed by atoms with Crippen molar-refractivity contribution in [3.05, 3.63) is 54.1 Å². The van der Waals surface area contributed by atoms with E-state index in [1.54, 1.807) is 18.9 Å². The van der Waals surface area contributed by atoms with Gasteiger partial charge < -0.3 is 14.8 Å². The van der Waals surface area contributed by atoms with Crippen molar-refractivity contribution in [2.45, 2.75) is 43.2 Å². The van der Waals surface area contributed by atoms with Gasteiger partial charge >= 0.3 is 0 Å². The van der Waals surface area contributed by atoms with E-state index in [1.807, 2.05) is 50.2 Å². The van der Waals surface area contributed by atoms with Gasteiger partial charge in [-0.15, -0.1) is 11.8 Å². The van der Waals surface area contributed by atoms with Gasteiger partial charge in [0.25, 0.3) is 0 Å². The van der Waals surface area contributed by atoms with E-state index in [1.165, 1.54) is 4.90 Å². The summed E-state index contributed by atoms with van der Waals surface area (Å²) in [4.78, 5) is 13.6. The van der Waals surface area contributed by atoms with Crippen molar-refractivity contribution < 1.29 is 14.3 Å². The summed E-state index contributed by atoms with van der Waals surface area (Å²) < 4.78 is 11.4. The summed E-state index contributed by atoms with van der Waals surface area (Å²) in [5.41, 5.74) is 0.671. The highest BCUT2D eigenvalue weighted by molar-refractivity contribution is 7.99. The molecule has 1 aliphatic heterocycles. The predicted octanol–water partition coefficient (Wildman–Crippen LogP) is 4.60. The molecule has 0 fully saturated rings. The van der Waals surface area contributed by atoms with Crippen molar-refractivity contribution in [2.75, 3.05) is 12.9 Å². The van der Waals surface area contributed by atoms with E-state index in [0.717, 1.165) is 29.2 Å². The van der Waals surface area contributed by atoms with Crippen molar-refractivity contribution in [3.8, 4) is 11.5 Å². The van der Waals surface area contributed by atoms with Crippen LogP contribution in [0.25, 0.3) is 0 Å². The first-order valence-electron chi connectivity index (χ1n) is 8.81. The van der Waals surface area contributed by atoms with Crippen LogP contribution in [0, 0.1) is 0 Å². The molecule has 0 spiro atoms. The average Bonchev–Trinajstić information content (AvgIpc) is 2.61. The second kappa shape index (κ2) is 8.04. The molecule has 4 nitrogen and oxygen atoms in total. The number of hydrogen-bond acceptors (Lipinski definition) is 4. The Morgan fingerprint density at radius 2 is 2.04 bits per heavy atom. The lowest BCUT2D eigenvalue weighted by Crippen LogP contribution is -2.41. The fourth-order valence-electron chi connectivity index (χ4n) is 3.13. The highest BCUT2D eigenvalue weighted by atomic mass is 32.2. The molecule has 5 heteroatoms. The molecule has 138 valence electrons. The van der Waals surface area contributed by atoms with Crippen molar-refractivity contribution in [3.63, 3.8) is 0 Å². The van der Waals surface area contributed by atoms with Gasteiger partial charge in [0, 0.05) is 35.1 Å². The monoisotopic (exact) mass is 371 g/mol. The lowest BCUT2D eigenvalue weighted by molar-refractivity contribution is -0.121. The van der Waals surface area contributed by atoms with Crippen LogP contribution in [0.2, 0.25) is 0 Å². The Bertz CT molecular complexity index is 761. The van der Waals surface area contributed by atoms with Crippen molar-refractivity contribution in [2.24, 2.45) is 0 Å². The van der Waals surface area contributed by atoms with Gasteiger partial charge in [0.05, 0.1) is 13.2 Å². The van der Waals surface area contributed by atoms with E-state index >= 15 is 0 Å². The van der Waals surface area contributed by atoms with Crippen LogP contribution in [0.3, 0.4) is 0 Å². The van der Waals surface area contributed by atoms with Gasteiger partial charge in [0.2, 0.25) is 5.91 Å². The van der Waals surface area contributed by atoms with Crippen molar-refractivity contribution >= 4 is 17.7 Å². The van der Waals surface area contributed by atoms with Crippen LogP contribution in [0.15, 0.2) is 53.4 Å². The number of carbonyl (C=O) groups is 1. The fraction of sp³-hybridized carbons (Fsp3) is 0.381. The number of hydrogen-bond donors (Lipinski definition) is 1. The van der Waals surface area contributed by atoms with E-state index in [0.29, 0.717) is 6.42 Å². The molecule has 2 aromatic carbocycles. The smallest absolute Gasteiger partial charge is 0.221 e. The van der Waals surface area contributed by atoms with E-state index < -0.39 is 0 Å². The summed E-state index contributed by atoms with van der Waals surface area (Å²) in [6.07, 6.45) is 1.23. The highest BCUT2D eigenvalue weighted by Crippen LogP contribution is 2.41. The summed E-state index contributed by atoms with van der Waals surface area (Å²) in [5, 5.41) is 3.18. The van der Waals surface area contributed by atoms with Gasteiger partial charge in [-0.25, -0.2) is 0 Å². The second-order valence-corrected chi connectivity index (χ2v) is 8.17. The van der Waals surface area contributed by atoms with Gasteiger partial charge in [-0.05, 0) is 38.1 Å². The lowest BCUT2D eigenvalue weighted by Gasteiger charge is -2.38. The molecule has 0 aliphatic carbocycles. The van der Waals surface area contributed by atoms with E-state index in [2.05, 4.69) is 17.4 Å². The molecule has 0 radical (unpaired) electrons. The maximum atomic E-state index is 12.5. The lowest BCUT2D eigenvalue weighted by atomic mass is 9.89. The fourth-order valence-corrected chi connectivity index (χ4v) is 4.01. The molecule has 3 rings (SSSR count). The maximum absolute atomic E-state index is 12.5. The Morgan fingerprint density at radius 3 is 2.77 bits per heavy atom. The third-order valence-electron chi connectivity index (χ3n) is 4.35. The first kappa shape index (κ1) is 18.6. The number of benzene rings is 2. The summed E-state index contributed by atoms with van der Waals surface area (Å²) >= 11 is 1.70. The number of carbonyl (C=O) groups excluding carboxylic acids is 1. The van der Waals surface area contributed by atoms with Gasteiger partial charge in [-0.1, -0.05) is 18.2 Å². The zero-order valence-corrected chi connectivity index (χ0v) is 16.3. The van der Waals surface area contributed by atoms with Gasteiger partial charge in [-0.3, -0.25) is 4.79 Å². The van der Waals surface area contributed by atoms with Crippen LogP contribution >= 0.6 is 11.8 Å². The molecule has 0 saturated heterocycles. The third-order valence-corrected chi connectivity index (χ3v) is 5.37. The van der Waals surface area contributed by atoms with Crippen LogP contribution < -0.4 is 14.8 Å². The summed E-state index contributed by atoms with van der Waals surface area (Å²) in [5.74, 6) is 2.37. The molecule has 26 heavy (non-hydrogen) atoms. The van der Waals surface area contributed by atoms with E-state index in [-0.39, 0.29) is 17.6 Å². The Hall–Kier alpha value is -2.14. The standard InChI is InChI=1S/C21H25NO3S/c1-21(2)14-18(17-10-9-15(24-3)13-19(17)25-21)22-20(23)11-12-26-16-7-5-4-6-8-16/h4-10,13,18H,11-12,14H2,1-3H3,(H,22,23)/t18-/m1/s1. The quantitative estimate of drug-likeness (QED) is 0.754. The molecule has 2 aromatic rings. The number of nitrogens with one attached hydrogen (secondary N) is 1. The minimum atomic E-state index is -0.337. The van der Waals surface area contributed by atoms with E-state index in [4.69, 9.17) is 9.47 Å². The van der Waals surface area contributed by atoms with Gasteiger partial charge in [-0.2, -0.15) is 0 Å². The molecule has 1 aliphatic rings. The van der Waals surface area contributed by atoms with Crippen LogP contribution in [0.1, 0.15) is 38.3 Å². The van der Waals surface area contributed by atoms with Crippen LogP contribution in [0.5, 0.6) is 11.5 Å². The minimum Gasteiger partial charge on any atom is -0.497 e. The molecular weight excluding hydrogens is 346 g/mol. The number of rotatable bonds is 6. The molecule has 1 heterocycles. The number of ether oxygens (including phenoxy) is 2. The van der Waals surface area contributed by atoms with Crippen molar-refractivity contribution in [1.29, 1.82) is 0 Å². The van der Waals surface area contributed by atoms with Gasteiger partial charge in [0.1, 0.15) is 17.1 Å². The normalized spacial score (nSPS) is 17.7. The Balaban J connectivity index is 1.62. The number of fused-ring (bicyclic) bond motifs is 1. The first-order chi connectivity index (χ1) is 12.5. The third kappa shape index (κ3) is 4.73. The maximum Gasteiger partial charge on any atom is 0.221 e. The zero-order valence-electron chi connectivity index (χ0n) is 15.5. The molecule has 1 amide bonds. The molecule has 0 saturated carbocycles. The predicted molar refractivity (Wildman–Crippen MR) is 105 cm³/mol. The molecule has 1 atom stereocenters. The molecule has 1 N–H and O–H groups in total. The largest absolute Gasteiger partial charge is 0.497 e. The molecule has 0 bridgehead atoms. The summed E-state index contributed by atoms with van der Waals surface area (Å²) in [7, 11) is 1.64. The topological polar surface area (TPSA) is 47.6 Å². The highest BCUT2D eigenvalue weighted by Gasteiger charge is 2.34. The van der Waals surface area contributed by atoms with Gasteiger partial charge in [0.15, 0.2) is 0 Å². The molecule has 0 aromatic heterocycles. The first-order valence-corrected chi connectivity index (χ1v) is 9.79. The zero-order chi connectivity index (χ0) is 18.6. The minimum absolute atomic E-state index is 0.0473. The van der Waals surface area contributed by atoms with E-state index in [9.17, 15) is 4.79 Å². The van der Waals surface area contributed by atoms with Crippen LogP contribution in [-0.2, 0) is 4.79 Å². The summed E-state index contributed by atoms with van der Waals surface area (Å²) in [6.45, 7) is 4.08. The molecule has 0 unspecified atom stereocenters. The van der Waals surface area contributed by atoms with Crippen molar-refractivity contribution in [1.82, 2.24) is 5.32 Å². The Labute approximate surface area is 159 Å². The number of amides is 1. The number of methoxy groups -OCH3 is 1. The Morgan fingerprint density at radius 1 is 1.27 bits per heavy atom. The summed E-state index contributed by atoms with van der Waals surface area (Å²) in [6, 6.07) is 15.9.